The van der Waals surface area contributed by atoms with Crippen LogP contribution in [0.1, 0.15) is 25.8 Å². The molecule has 3 heterocycles. The van der Waals surface area contributed by atoms with Crippen molar-refractivity contribution in [1.29, 1.82) is 0 Å². The summed E-state index contributed by atoms with van der Waals surface area (Å²) in [7, 11) is 0. The number of aliphatic hydroxyl groups is 1. The summed E-state index contributed by atoms with van der Waals surface area (Å²) in [5.74, 6) is -2.17. The Bertz CT molecular complexity index is 955. The molecule has 1 aliphatic carbocycles. The Morgan fingerprint density at radius 2 is 2.04 bits per heavy atom. The molecule has 0 bridgehead atoms. The third-order valence-electron chi connectivity index (χ3n) is 6.03. The van der Waals surface area contributed by atoms with Crippen molar-refractivity contribution < 1.29 is 28.1 Å². The number of hydrogen-bond donors (Lipinski definition) is 2. The average molecular weight is 392 g/mol. The fourth-order valence-electron chi connectivity index (χ4n) is 4.78. The summed E-state index contributed by atoms with van der Waals surface area (Å²) in [5, 5.41) is 11.8. The van der Waals surface area contributed by atoms with Crippen molar-refractivity contribution in [3.05, 3.63) is 35.6 Å². The highest BCUT2D eigenvalue weighted by molar-refractivity contribution is 5.80. The van der Waals surface area contributed by atoms with E-state index in [0.29, 0.717) is 17.3 Å². The van der Waals surface area contributed by atoms with Crippen LogP contribution in [0.3, 0.4) is 0 Å². The molecule has 6 atom stereocenters. The van der Waals surface area contributed by atoms with Crippen LogP contribution in [0, 0.1) is 11.7 Å². The van der Waals surface area contributed by atoms with E-state index in [1.165, 1.54) is 6.07 Å². The quantitative estimate of drug-likeness (QED) is 0.817. The minimum atomic E-state index is -1.43. The first-order valence-corrected chi connectivity index (χ1v) is 9.38. The van der Waals surface area contributed by atoms with Crippen LogP contribution >= 0.6 is 0 Å². The van der Waals surface area contributed by atoms with Gasteiger partial charge < -0.3 is 25.1 Å². The Hall–Kier alpha value is -1.87. The summed E-state index contributed by atoms with van der Waals surface area (Å²) in [6, 6.07) is 6.62. The third kappa shape index (κ3) is 2.62. The molecule has 2 aliphatic heterocycles. The first kappa shape index (κ1) is 18.2. The lowest BCUT2D eigenvalue weighted by atomic mass is 9.90. The zero-order chi connectivity index (χ0) is 19.8. The minimum Gasteiger partial charge on any atom is -0.384 e. The van der Waals surface area contributed by atoms with Crippen molar-refractivity contribution in [3.63, 3.8) is 0 Å². The van der Waals surface area contributed by atoms with E-state index in [-0.39, 0.29) is 12.2 Å². The highest BCUT2D eigenvalue weighted by Gasteiger charge is 2.69. The zero-order valence-corrected chi connectivity index (χ0v) is 15.6. The van der Waals surface area contributed by atoms with Gasteiger partial charge in [0.25, 0.3) is 0 Å². The molecule has 0 amide bonds. The van der Waals surface area contributed by atoms with Gasteiger partial charge in [-0.25, -0.2) is 13.8 Å². The number of aromatic nitrogens is 1. The van der Waals surface area contributed by atoms with Gasteiger partial charge in [-0.3, -0.25) is 0 Å². The van der Waals surface area contributed by atoms with E-state index >= 15 is 0 Å². The summed E-state index contributed by atoms with van der Waals surface area (Å²) in [5.41, 5.74) is 5.48. The summed E-state index contributed by atoms with van der Waals surface area (Å²) >= 11 is 0. The van der Waals surface area contributed by atoms with Crippen LogP contribution in [0.5, 0.6) is 0 Å². The Morgan fingerprint density at radius 1 is 1.25 bits per heavy atom. The minimum absolute atomic E-state index is 0.0626. The molecule has 1 aromatic carbocycles. The monoisotopic (exact) mass is 392 g/mol. The van der Waals surface area contributed by atoms with Crippen molar-refractivity contribution in [3.8, 4) is 0 Å². The maximum absolute atomic E-state index is 14.9. The molecule has 1 aromatic heterocycles. The second-order valence-electron chi connectivity index (χ2n) is 8.44. The van der Waals surface area contributed by atoms with Crippen LogP contribution < -0.4 is 5.73 Å². The van der Waals surface area contributed by atoms with Gasteiger partial charge in [-0.2, -0.15) is 0 Å². The molecule has 1 saturated carbocycles. The van der Waals surface area contributed by atoms with E-state index in [1.807, 2.05) is 0 Å². The molecular formula is C20H22F2N2O4. The number of nitrogen functional groups attached to an aromatic ring is 1. The number of hydrogen-bond acceptors (Lipinski definition) is 6. The van der Waals surface area contributed by atoms with Gasteiger partial charge in [0.2, 0.25) is 0 Å². The van der Waals surface area contributed by atoms with Crippen LogP contribution in [0.15, 0.2) is 24.3 Å². The lowest BCUT2D eigenvalue weighted by Gasteiger charge is -2.29. The molecule has 5 rings (SSSR count). The number of rotatable bonds is 2. The van der Waals surface area contributed by atoms with Gasteiger partial charge in [-0.05, 0) is 38.0 Å². The fraction of sp³-hybridized carbons (Fsp3) is 0.550. The van der Waals surface area contributed by atoms with Gasteiger partial charge in [0.05, 0.1) is 11.6 Å². The smallest absolute Gasteiger partial charge is 0.190 e. The van der Waals surface area contributed by atoms with Gasteiger partial charge in [0.1, 0.15) is 17.9 Å². The van der Waals surface area contributed by atoms with Crippen molar-refractivity contribution in [2.75, 3.05) is 5.73 Å². The maximum Gasteiger partial charge on any atom is 0.190 e. The number of fused-ring (bicyclic) bond motifs is 4. The van der Waals surface area contributed by atoms with E-state index < -0.39 is 47.8 Å². The van der Waals surface area contributed by atoms with Gasteiger partial charge in [-0.1, -0.05) is 12.1 Å². The summed E-state index contributed by atoms with van der Waals surface area (Å²) < 4.78 is 45.9. The first-order chi connectivity index (χ1) is 13.2. The second kappa shape index (κ2) is 5.82. The molecule has 3 N–H and O–H groups in total. The normalized spacial score (nSPS) is 38.7. The molecule has 6 unspecified atom stereocenters. The number of benzene rings is 1. The standard InChI is InChI=1S/C20H22F2N2O4/c1-19(2)27-16-18(28-19)26-15-11(13(22)8-20(15,16)25)5-9-3-4-10-7-12(21)17(23)24-14(10)6-9/h3-4,6-7,11,13,15-16,18,25H,5,8H2,1-2H3,(H2,23,24). The summed E-state index contributed by atoms with van der Waals surface area (Å²) in [6.45, 7) is 3.48. The molecule has 0 spiro atoms. The molecular weight excluding hydrogens is 370 g/mol. The van der Waals surface area contributed by atoms with Crippen LogP contribution in [-0.4, -0.2) is 46.1 Å². The maximum atomic E-state index is 14.9. The first-order valence-electron chi connectivity index (χ1n) is 9.38. The van der Waals surface area contributed by atoms with E-state index in [0.717, 1.165) is 5.56 Å². The van der Waals surface area contributed by atoms with Gasteiger partial charge in [0.15, 0.2) is 23.7 Å². The highest BCUT2D eigenvalue weighted by Crippen LogP contribution is 2.53. The molecule has 28 heavy (non-hydrogen) atoms. The molecule has 8 heteroatoms. The number of anilines is 1. The number of nitrogens with two attached hydrogens (primary N) is 1. The number of alkyl halides is 1. The third-order valence-corrected chi connectivity index (χ3v) is 6.03. The van der Waals surface area contributed by atoms with E-state index in [2.05, 4.69) is 4.98 Å². The van der Waals surface area contributed by atoms with E-state index in [4.69, 9.17) is 19.9 Å². The topological polar surface area (TPSA) is 86.8 Å². The molecule has 3 fully saturated rings. The Morgan fingerprint density at radius 3 is 2.82 bits per heavy atom. The summed E-state index contributed by atoms with van der Waals surface area (Å²) in [4.78, 5) is 4.06. The van der Waals surface area contributed by atoms with Gasteiger partial charge in [0, 0.05) is 17.7 Å². The Kier molecular flexibility index (Phi) is 3.78. The molecule has 2 aromatic rings. The van der Waals surface area contributed by atoms with Crippen LogP contribution in [0.25, 0.3) is 10.9 Å². The average Bonchev–Trinajstić information content (AvgIpc) is 3.13. The Balaban J connectivity index is 1.42. The zero-order valence-electron chi connectivity index (χ0n) is 15.6. The number of halogens is 2. The fourth-order valence-corrected chi connectivity index (χ4v) is 4.78. The lowest BCUT2D eigenvalue weighted by molar-refractivity contribution is -0.228. The lowest BCUT2D eigenvalue weighted by Crippen LogP contribution is -2.47. The van der Waals surface area contributed by atoms with Crippen molar-refractivity contribution in [2.45, 2.75) is 62.7 Å². The van der Waals surface area contributed by atoms with Crippen molar-refractivity contribution in [1.82, 2.24) is 4.98 Å². The summed E-state index contributed by atoms with van der Waals surface area (Å²) in [6.07, 6.45) is -3.11. The predicted octanol–water partition coefficient (Wildman–Crippen LogP) is 2.46. The van der Waals surface area contributed by atoms with Gasteiger partial charge >= 0.3 is 0 Å². The molecule has 150 valence electrons. The van der Waals surface area contributed by atoms with Crippen LogP contribution in [0.2, 0.25) is 0 Å². The van der Waals surface area contributed by atoms with Gasteiger partial charge in [-0.15, -0.1) is 0 Å². The molecule has 2 saturated heterocycles. The largest absolute Gasteiger partial charge is 0.384 e. The molecule has 6 nitrogen and oxygen atoms in total. The molecule has 0 radical (unpaired) electrons. The van der Waals surface area contributed by atoms with Crippen LogP contribution in [-0.2, 0) is 20.6 Å². The number of nitrogens with zero attached hydrogens (tertiary/aromatic N) is 1. The number of pyridine rings is 1. The highest BCUT2D eigenvalue weighted by atomic mass is 19.1. The van der Waals surface area contributed by atoms with Crippen molar-refractivity contribution >= 4 is 16.7 Å². The number of ether oxygens (including phenoxy) is 3. The SMILES string of the molecule is CC1(C)OC2OC3C(Cc4ccc5cc(F)c(N)nc5c4)C(F)CC3(O)C2O1. The van der Waals surface area contributed by atoms with Crippen LogP contribution in [0.4, 0.5) is 14.6 Å². The second-order valence-corrected chi connectivity index (χ2v) is 8.44. The predicted molar refractivity (Wildman–Crippen MR) is 96.5 cm³/mol. The van der Waals surface area contributed by atoms with Crippen molar-refractivity contribution in [2.24, 2.45) is 5.92 Å². The van der Waals surface area contributed by atoms with E-state index in [9.17, 15) is 13.9 Å². The molecule has 3 aliphatic rings. The Labute approximate surface area is 160 Å². The van der Waals surface area contributed by atoms with E-state index in [1.54, 1.807) is 32.0 Å².